The Morgan fingerprint density at radius 3 is 2.14 bits per heavy atom. The highest BCUT2D eigenvalue weighted by atomic mass is 32.2. The summed E-state index contributed by atoms with van der Waals surface area (Å²) in [6, 6.07) is 0. The summed E-state index contributed by atoms with van der Waals surface area (Å²) in [4.78, 5) is 11.3. The zero-order chi connectivity index (χ0) is 16.8. The first kappa shape index (κ1) is 21.2. The summed E-state index contributed by atoms with van der Waals surface area (Å²) >= 11 is 0. The van der Waals surface area contributed by atoms with Crippen molar-refractivity contribution in [3.8, 4) is 0 Å². The number of carbonyl (C=O) groups is 1. The lowest BCUT2D eigenvalue weighted by atomic mass is 10.1. The average molecular weight is 338 g/mol. The van der Waals surface area contributed by atoms with Gasteiger partial charge in [0.2, 0.25) is 0 Å². The summed E-state index contributed by atoms with van der Waals surface area (Å²) in [6.07, 6.45) is 9.37. The Balaban J connectivity index is 3.48. The third-order valence-corrected chi connectivity index (χ3v) is 4.01. The molecule has 7 heteroatoms. The van der Waals surface area contributed by atoms with Gasteiger partial charge in [-0.05, 0) is 19.8 Å². The van der Waals surface area contributed by atoms with Crippen LogP contribution in [0.1, 0.15) is 71.6 Å². The first-order valence-electron chi connectivity index (χ1n) is 8.13. The maximum absolute atomic E-state index is 11.3. The minimum atomic E-state index is -4.11. The highest BCUT2D eigenvalue weighted by Gasteiger charge is 2.12. The van der Waals surface area contributed by atoms with Gasteiger partial charge in [-0.2, -0.15) is 8.42 Å². The molecule has 1 unspecified atom stereocenters. The SMILES string of the molecule is CCCCCCCCCCC(C)OC(=O)OCCS(=O)(=O)O. The van der Waals surface area contributed by atoms with Crippen LogP contribution in [-0.2, 0) is 19.6 Å². The lowest BCUT2D eigenvalue weighted by molar-refractivity contribution is 0.0292. The quantitative estimate of drug-likeness (QED) is 0.311. The Morgan fingerprint density at radius 1 is 1.05 bits per heavy atom. The van der Waals surface area contributed by atoms with Gasteiger partial charge in [0.25, 0.3) is 10.1 Å². The van der Waals surface area contributed by atoms with Crippen molar-refractivity contribution in [2.75, 3.05) is 12.4 Å². The molecule has 0 aromatic heterocycles. The third-order valence-electron chi connectivity index (χ3n) is 3.32. The van der Waals surface area contributed by atoms with Gasteiger partial charge in [0, 0.05) is 0 Å². The molecular formula is C15H30O6S. The van der Waals surface area contributed by atoms with Crippen molar-refractivity contribution in [3.05, 3.63) is 0 Å². The predicted octanol–water partition coefficient (Wildman–Crippen LogP) is 3.95. The van der Waals surface area contributed by atoms with Crippen LogP contribution in [0.4, 0.5) is 4.79 Å². The standard InChI is InChI=1S/C15H30O6S/c1-3-4-5-6-7-8-9-10-11-14(2)21-15(16)20-12-13-22(17,18)19/h14H,3-13H2,1-2H3,(H,17,18,19). The molecule has 0 saturated carbocycles. The van der Waals surface area contributed by atoms with Crippen molar-refractivity contribution in [1.82, 2.24) is 0 Å². The van der Waals surface area contributed by atoms with Gasteiger partial charge in [-0.25, -0.2) is 4.79 Å². The zero-order valence-electron chi connectivity index (χ0n) is 13.8. The van der Waals surface area contributed by atoms with Crippen LogP contribution in [0.2, 0.25) is 0 Å². The number of carbonyl (C=O) groups excluding carboxylic acids is 1. The van der Waals surface area contributed by atoms with E-state index in [-0.39, 0.29) is 6.10 Å². The molecule has 0 heterocycles. The third kappa shape index (κ3) is 15.6. The Kier molecular flexibility index (Phi) is 12.2. The molecule has 0 aliphatic heterocycles. The van der Waals surface area contributed by atoms with E-state index in [1.807, 2.05) is 0 Å². The van der Waals surface area contributed by atoms with Crippen LogP contribution in [0.25, 0.3) is 0 Å². The lowest BCUT2D eigenvalue weighted by Gasteiger charge is -2.12. The van der Waals surface area contributed by atoms with Gasteiger partial charge in [-0.3, -0.25) is 4.55 Å². The topological polar surface area (TPSA) is 89.9 Å². The molecule has 0 aromatic carbocycles. The van der Waals surface area contributed by atoms with E-state index in [1.165, 1.54) is 38.5 Å². The molecule has 0 saturated heterocycles. The van der Waals surface area contributed by atoms with E-state index in [2.05, 4.69) is 11.7 Å². The van der Waals surface area contributed by atoms with Gasteiger partial charge in [0.15, 0.2) is 0 Å². The van der Waals surface area contributed by atoms with Gasteiger partial charge < -0.3 is 9.47 Å². The van der Waals surface area contributed by atoms with Gasteiger partial charge in [0.1, 0.15) is 18.5 Å². The second-order valence-corrected chi connectivity index (χ2v) is 7.15. The molecule has 0 fully saturated rings. The molecule has 0 radical (unpaired) electrons. The molecule has 0 amide bonds. The summed E-state index contributed by atoms with van der Waals surface area (Å²) < 4.78 is 38.9. The Bertz CT molecular complexity index is 379. The zero-order valence-corrected chi connectivity index (χ0v) is 14.6. The molecule has 22 heavy (non-hydrogen) atoms. The Labute approximate surface area is 134 Å². The fraction of sp³-hybridized carbons (Fsp3) is 0.933. The molecular weight excluding hydrogens is 308 g/mol. The molecule has 6 nitrogen and oxygen atoms in total. The van der Waals surface area contributed by atoms with E-state index < -0.39 is 28.6 Å². The highest BCUT2D eigenvalue weighted by molar-refractivity contribution is 7.85. The highest BCUT2D eigenvalue weighted by Crippen LogP contribution is 2.12. The summed E-state index contributed by atoms with van der Waals surface area (Å²) in [5, 5.41) is 0. The summed E-state index contributed by atoms with van der Waals surface area (Å²) in [7, 11) is -4.11. The van der Waals surface area contributed by atoms with Crippen LogP contribution in [0.15, 0.2) is 0 Å². The number of hydrogen-bond donors (Lipinski definition) is 1. The normalized spacial score (nSPS) is 12.9. The van der Waals surface area contributed by atoms with Crippen molar-refractivity contribution >= 4 is 16.3 Å². The van der Waals surface area contributed by atoms with Crippen LogP contribution in [-0.4, -0.2) is 37.6 Å². The smallest absolute Gasteiger partial charge is 0.433 e. The van der Waals surface area contributed by atoms with Gasteiger partial charge in [-0.15, -0.1) is 0 Å². The van der Waals surface area contributed by atoms with Crippen LogP contribution < -0.4 is 0 Å². The molecule has 1 atom stereocenters. The van der Waals surface area contributed by atoms with Gasteiger partial charge in [0.05, 0.1) is 0 Å². The Morgan fingerprint density at radius 2 is 1.59 bits per heavy atom. The monoisotopic (exact) mass is 338 g/mol. The number of hydrogen-bond acceptors (Lipinski definition) is 5. The van der Waals surface area contributed by atoms with Crippen molar-refractivity contribution in [1.29, 1.82) is 0 Å². The largest absolute Gasteiger partial charge is 0.508 e. The second kappa shape index (κ2) is 12.7. The number of ether oxygens (including phenoxy) is 2. The fourth-order valence-electron chi connectivity index (χ4n) is 2.05. The van der Waals surface area contributed by atoms with E-state index in [1.54, 1.807) is 6.92 Å². The van der Waals surface area contributed by atoms with Crippen LogP contribution in [0.3, 0.4) is 0 Å². The van der Waals surface area contributed by atoms with Gasteiger partial charge in [-0.1, -0.05) is 51.9 Å². The molecule has 132 valence electrons. The first-order valence-corrected chi connectivity index (χ1v) is 9.74. The van der Waals surface area contributed by atoms with Crippen molar-refractivity contribution in [2.24, 2.45) is 0 Å². The van der Waals surface area contributed by atoms with Crippen molar-refractivity contribution < 1.29 is 27.2 Å². The van der Waals surface area contributed by atoms with Crippen molar-refractivity contribution in [3.63, 3.8) is 0 Å². The molecule has 0 aliphatic carbocycles. The second-order valence-electron chi connectivity index (χ2n) is 5.58. The summed E-state index contributed by atoms with van der Waals surface area (Å²) in [5.74, 6) is -0.617. The minimum absolute atomic E-state index is 0.252. The number of unbranched alkanes of at least 4 members (excludes halogenated alkanes) is 7. The van der Waals surface area contributed by atoms with Crippen LogP contribution in [0.5, 0.6) is 0 Å². The van der Waals surface area contributed by atoms with E-state index in [0.717, 1.165) is 19.3 Å². The molecule has 1 N–H and O–H groups in total. The Hall–Kier alpha value is -0.820. The van der Waals surface area contributed by atoms with E-state index in [0.29, 0.717) is 0 Å². The lowest BCUT2D eigenvalue weighted by Crippen LogP contribution is -2.19. The van der Waals surface area contributed by atoms with Crippen molar-refractivity contribution in [2.45, 2.75) is 77.7 Å². The fourth-order valence-corrected chi connectivity index (χ4v) is 2.35. The molecule has 0 aliphatic rings. The number of rotatable bonds is 13. The van der Waals surface area contributed by atoms with E-state index >= 15 is 0 Å². The average Bonchev–Trinajstić information content (AvgIpc) is 2.40. The molecule has 0 bridgehead atoms. The van der Waals surface area contributed by atoms with E-state index in [4.69, 9.17) is 9.29 Å². The van der Waals surface area contributed by atoms with Gasteiger partial charge >= 0.3 is 6.16 Å². The minimum Gasteiger partial charge on any atom is -0.433 e. The molecule has 0 aromatic rings. The van der Waals surface area contributed by atoms with Crippen LogP contribution in [0, 0.1) is 0 Å². The maximum atomic E-state index is 11.3. The molecule has 0 rings (SSSR count). The maximum Gasteiger partial charge on any atom is 0.508 e. The summed E-state index contributed by atoms with van der Waals surface area (Å²) in [6.45, 7) is 3.59. The summed E-state index contributed by atoms with van der Waals surface area (Å²) in [5.41, 5.74) is 0. The first-order chi connectivity index (χ1) is 10.3. The van der Waals surface area contributed by atoms with Crippen LogP contribution >= 0.6 is 0 Å². The molecule has 0 spiro atoms. The van der Waals surface area contributed by atoms with E-state index in [9.17, 15) is 13.2 Å². The predicted molar refractivity (Wildman–Crippen MR) is 85.5 cm³/mol.